The quantitative estimate of drug-likeness (QED) is 0.173. The van der Waals surface area contributed by atoms with Gasteiger partial charge >= 0.3 is 0 Å². The van der Waals surface area contributed by atoms with Crippen LogP contribution in [0, 0.1) is 0 Å². The third kappa shape index (κ3) is 9.53. The number of rotatable bonds is 15. The van der Waals surface area contributed by atoms with Gasteiger partial charge in [-0.15, -0.1) is 0 Å². The van der Waals surface area contributed by atoms with E-state index < -0.39 is 15.1 Å². The van der Waals surface area contributed by atoms with E-state index in [1.54, 1.807) is 45.2 Å². The van der Waals surface area contributed by atoms with Gasteiger partial charge in [0.1, 0.15) is 10.8 Å². The number of hydrogen-bond donors (Lipinski definition) is 3. The maximum absolute atomic E-state index is 13.0. The van der Waals surface area contributed by atoms with Crippen LogP contribution in [0.5, 0.6) is 5.75 Å². The van der Waals surface area contributed by atoms with E-state index in [0.717, 1.165) is 83.6 Å². The number of anilines is 5. The average Bonchev–Trinajstić information content (AvgIpc) is 3.10. The highest BCUT2D eigenvalue weighted by molar-refractivity contribution is 7.92. The van der Waals surface area contributed by atoms with Gasteiger partial charge in [-0.25, -0.2) is 13.4 Å². The maximum atomic E-state index is 13.0. The fourth-order valence-corrected chi connectivity index (χ4v) is 7.81. The van der Waals surface area contributed by atoms with Crippen LogP contribution < -0.4 is 26.0 Å². The number of benzene rings is 2. The Labute approximate surface area is 295 Å². The number of unbranched alkanes of at least 4 members (excludes halogenated alkanes) is 2. The summed E-state index contributed by atoms with van der Waals surface area (Å²) >= 11 is 6.43. The summed E-state index contributed by atoms with van der Waals surface area (Å²) in [6.45, 7) is 10.8. The van der Waals surface area contributed by atoms with Crippen LogP contribution in [0.1, 0.15) is 52.4 Å². The van der Waals surface area contributed by atoms with Crippen LogP contribution in [0.3, 0.4) is 0 Å². The lowest BCUT2D eigenvalue weighted by molar-refractivity contribution is -0.118. The van der Waals surface area contributed by atoms with Crippen molar-refractivity contribution in [2.24, 2.45) is 5.73 Å². The molecule has 1 amide bonds. The molecule has 3 heterocycles. The van der Waals surface area contributed by atoms with Gasteiger partial charge in [0, 0.05) is 63.5 Å². The molecule has 1 aromatic heterocycles. The number of primary amides is 1. The Morgan fingerprint density at radius 3 is 2.43 bits per heavy atom. The second kappa shape index (κ2) is 16.8. The summed E-state index contributed by atoms with van der Waals surface area (Å²) in [7, 11) is -1.90. The molecule has 12 nitrogen and oxygen atoms in total. The van der Waals surface area contributed by atoms with Gasteiger partial charge in [-0.2, -0.15) is 4.98 Å². The highest BCUT2D eigenvalue weighted by Crippen LogP contribution is 2.35. The van der Waals surface area contributed by atoms with Crippen molar-refractivity contribution in [1.82, 2.24) is 19.8 Å². The van der Waals surface area contributed by atoms with Crippen LogP contribution >= 0.6 is 11.6 Å². The molecule has 3 aromatic rings. The average molecular weight is 713 g/mol. The van der Waals surface area contributed by atoms with E-state index in [0.29, 0.717) is 29.6 Å². The van der Waals surface area contributed by atoms with Gasteiger partial charge in [0.2, 0.25) is 11.9 Å². The first-order valence-corrected chi connectivity index (χ1v) is 19.0. The van der Waals surface area contributed by atoms with Gasteiger partial charge in [-0.3, -0.25) is 9.69 Å². The van der Waals surface area contributed by atoms with E-state index in [4.69, 9.17) is 22.1 Å². The van der Waals surface area contributed by atoms with E-state index in [9.17, 15) is 13.2 Å². The number of nitrogens with two attached hydrogens (primary N) is 1. The molecule has 0 atom stereocenters. The molecule has 0 bridgehead atoms. The Kier molecular flexibility index (Phi) is 12.6. The summed E-state index contributed by atoms with van der Waals surface area (Å²) in [6.07, 6.45) is 7.26. The number of hydrogen-bond acceptors (Lipinski definition) is 11. The Bertz CT molecular complexity index is 1680. The van der Waals surface area contributed by atoms with Gasteiger partial charge in [-0.05, 0) is 70.3 Å². The number of carbonyl (C=O) groups excluding carboxylic acids is 1. The number of ether oxygens (including phenoxy) is 1. The van der Waals surface area contributed by atoms with Gasteiger partial charge in [0.05, 0.1) is 34.8 Å². The second-order valence-corrected chi connectivity index (χ2v) is 15.9. The van der Waals surface area contributed by atoms with Gasteiger partial charge < -0.3 is 30.9 Å². The molecule has 0 saturated carbocycles. The lowest BCUT2D eigenvalue weighted by atomic mass is 10.0. The summed E-state index contributed by atoms with van der Waals surface area (Å²) in [5, 5.41) is 6.00. The number of methoxy groups -OCH3 is 1. The maximum Gasteiger partial charge on any atom is 0.229 e. The number of piperazine rings is 1. The molecule has 2 aromatic carbocycles. The molecule has 2 aliphatic heterocycles. The van der Waals surface area contributed by atoms with Crippen molar-refractivity contribution in [1.29, 1.82) is 0 Å². The number of halogens is 1. The normalized spacial score (nSPS) is 16.6. The summed E-state index contributed by atoms with van der Waals surface area (Å²) in [5.74, 6) is 1.02. The van der Waals surface area contributed by atoms with Gasteiger partial charge in [-0.1, -0.05) is 30.2 Å². The van der Waals surface area contributed by atoms with Crippen LogP contribution in [0.4, 0.5) is 28.8 Å². The highest BCUT2D eigenvalue weighted by Gasteiger charge is 2.28. The molecule has 14 heteroatoms. The van der Waals surface area contributed by atoms with E-state index >= 15 is 0 Å². The SMILES string of the molecule is COc1cc(N2CCC(N3CCN(CCCCCC(N)=O)CC3)CC2)ccc1Nc1ncc(Cl)c(Nc2ccccc2S(=O)(=O)C(C)C)n1. The zero-order valence-electron chi connectivity index (χ0n) is 28.7. The fourth-order valence-electron chi connectivity index (χ4n) is 6.47. The standard InChI is InChI=1S/C35H49ClN8O4S/c1-25(2)49(46,47)32-10-7-6-9-30(32)39-34-28(36)24-38-35(41-34)40-29-13-12-27(23-31(29)48-3)43-17-14-26(15-18-43)44-21-19-42(20-22-44)16-8-4-5-11-33(37)45/h6-7,9-10,12-13,23-26H,4-5,8,11,14-22H2,1-3H3,(H2,37,45)(H2,38,39,40,41). The van der Waals surface area contributed by atoms with Crippen LogP contribution in [0.25, 0.3) is 0 Å². The second-order valence-electron chi connectivity index (χ2n) is 13.0. The van der Waals surface area contributed by atoms with Crippen molar-refractivity contribution in [3.63, 3.8) is 0 Å². The number of sulfone groups is 1. The molecule has 4 N–H and O–H groups in total. The number of nitrogens with one attached hydrogen (secondary N) is 2. The number of para-hydroxylation sites is 1. The van der Waals surface area contributed by atoms with E-state index in [1.165, 1.54) is 6.20 Å². The Morgan fingerprint density at radius 1 is 1.00 bits per heavy atom. The van der Waals surface area contributed by atoms with Crippen LogP contribution in [-0.4, -0.2) is 98.3 Å². The van der Waals surface area contributed by atoms with Crippen molar-refractivity contribution in [3.8, 4) is 5.75 Å². The van der Waals surface area contributed by atoms with Crippen molar-refractivity contribution >= 4 is 56.2 Å². The minimum absolute atomic E-state index is 0.180. The predicted octanol–water partition coefficient (Wildman–Crippen LogP) is 5.44. The van der Waals surface area contributed by atoms with Crippen LogP contribution in [0.2, 0.25) is 5.02 Å². The third-order valence-corrected chi connectivity index (χ3v) is 11.9. The summed E-state index contributed by atoms with van der Waals surface area (Å²) in [6, 6.07) is 13.4. The molecule has 49 heavy (non-hydrogen) atoms. The van der Waals surface area contributed by atoms with E-state index in [2.05, 4.69) is 41.4 Å². The molecular formula is C35H49ClN8O4S. The summed E-state index contributed by atoms with van der Waals surface area (Å²) in [4.78, 5) is 27.6. The molecule has 0 spiro atoms. The number of amides is 1. The summed E-state index contributed by atoms with van der Waals surface area (Å²) < 4.78 is 31.7. The van der Waals surface area contributed by atoms with E-state index in [-0.39, 0.29) is 27.6 Å². The molecule has 5 rings (SSSR count). The first-order chi connectivity index (χ1) is 23.5. The van der Waals surface area contributed by atoms with E-state index in [1.807, 2.05) is 12.1 Å². The smallest absolute Gasteiger partial charge is 0.229 e. The van der Waals surface area contributed by atoms with Gasteiger partial charge in [0.15, 0.2) is 15.7 Å². The number of piperidine rings is 1. The Morgan fingerprint density at radius 2 is 1.73 bits per heavy atom. The first-order valence-electron chi connectivity index (χ1n) is 17.1. The van der Waals surface area contributed by atoms with Crippen molar-refractivity contribution < 1.29 is 17.9 Å². The lowest BCUT2D eigenvalue weighted by Gasteiger charge is -2.43. The van der Waals surface area contributed by atoms with Crippen LogP contribution in [0.15, 0.2) is 53.6 Å². The summed E-state index contributed by atoms with van der Waals surface area (Å²) in [5.41, 5.74) is 7.43. The zero-order valence-corrected chi connectivity index (χ0v) is 30.3. The number of carbonyl (C=O) groups is 1. The van der Waals surface area contributed by atoms with Crippen molar-refractivity contribution in [2.75, 3.05) is 68.5 Å². The van der Waals surface area contributed by atoms with Crippen LogP contribution in [-0.2, 0) is 14.6 Å². The van der Waals surface area contributed by atoms with Gasteiger partial charge in [0.25, 0.3) is 0 Å². The molecule has 0 radical (unpaired) electrons. The molecule has 0 aliphatic carbocycles. The zero-order chi connectivity index (χ0) is 35.0. The monoisotopic (exact) mass is 712 g/mol. The number of nitrogens with zero attached hydrogens (tertiary/aromatic N) is 5. The molecule has 2 aliphatic rings. The fraction of sp³-hybridized carbons (Fsp3) is 0.514. The first kappa shape index (κ1) is 36.6. The minimum atomic E-state index is -3.54. The molecule has 0 unspecified atom stereocenters. The predicted molar refractivity (Wildman–Crippen MR) is 196 cm³/mol. The minimum Gasteiger partial charge on any atom is -0.494 e. The highest BCUT2D eigenvalue weighted by atomic mass is 35.5. The molecular weight excluding hydrogens is 664 g/mol. The molecule has 266 valence electrons. The topological polar surface area (TPSA) is 146 Å². The molecule has 2 fully saturated rings. The Hall–Kier alpha value is -3.65. The Balaban J connectivity index is 1.16. The third-order valence-electron chi connectivity index (χ3n) is 9.39. The lowest BCUT2D eigenvalue weighted by Crippen LogP contribution is -2.53. The molecule has 2 saturated heterocycles. The number of aromatic nitrogens is 2. The largest absolute Gasteiger partial charge is 0.494 e. The van der Waals surface area contributed by atoms with Crippen molar-refractivity contribution in [3.05, 3.63) is 53.7 Å². The van der Waals surface area contributed by atoms with Crippen molar-refractivity contribution in [2.45, 2.75) is 68.6 Å².